The molecule has 0 aliphatic rings. The Morgan fingerprint density at radius 1 is 1.33 bits per heavy atom. The molecule has 0 aliphatic carbocycles. The first-order valence-corrected chi connectivity index (χ1v) is 2.54. The standard InChI is InChI=1S/C5H8O4/c1-3-5(7)9-8-4(2)6/h3H2,1-2H3. The van der Waals surface area contributed by atoms with Crippen LogP contribution < -0.4 is 0 Å². The third-order valence-corrected chi connectivity index (χ3v) is 0.541. The van der Waals surface area contributed by atoms with Gasteiger partial charge in [-0.05, 0) is 0 Å². The summed E-state index contributed by atoms with van der Waals surface area (Å²) in [6.45, 7) is 2.76. The van der Waals surface area contributed by atoms with Crippen LogP contribution in [0.15, 0.2) is 0 Å². The third-order valence-electron chi connectivity index (χ3n) is 0.541. The summed E-state index contributed by atoms with van der Waals surface area (Å²) in [5.74, 6) is -1.18. The summed E-state index contributed by atoms with van der Waals surface area (Å²) >= 11 is 0. The lowest BCUT2D eigenvalue weighted by Crippen LogP contribution is -2.06. The molecule has 0 aromatic carbocycles. The van der Waals surface area contributed by atoms with Crippen molar-refractivity contribution in [3.05, 3.63) is 0 Å². The van der Waals surface area contributed by atoms with Gasteiger partial charge in [-0.3, -0.25) is 0 Å². The van der Waals surface area contributed by atoms with E-state index in [1.807, 2.05) is 0 Å². The van der Waals surface area contributed by atoms with Crippen LogP contribution in [0.25, 0.3) is 0 Å². The Balaban J connectivity index is 3.28. The Hall–Kier alpha value is -1.06. The predicted molar refractivity (Wildman–Crippen MR) is 28.1 cm³/mol. The molecule has 0 aromatic rings. The molecule has 0 heterocycles. The lowest BCUT2D eigenvalue weighted by Gasteiger charge is -1.95. The minimum Gasteiger partial charge on any atom is -0.248 e. The molecular formula is C5H8O4. The van der Waals surface area contributed by atoms with Crippen molar-refractivity contribution in [3.8, 4) is 0 Å². The molecule has 0 fully saturated rings. The molecule has 52 valence electrons. The molecule has 0 spiro atoms. The first-order valence-electron chi connectivity index (χ1n) is 2.54. The smallest absolute Gasteiger partial charge is 0.248 e. The van der Waals surface area contributed by atoms with E-state index in [9.17, 15) is 9.59 Å². The molecule has 0 radical (unpaired) electrons. The van der Waals surface area contributed by atoms with Gasteiger partial charge in [-0.2, -0.15) is 0 Å². The molecule has 0 unspecified atom stereocenters. The van der Waals surface area contributed by atoms with Gasteiger partial charge in [0.2, 0.25) is 0 Å². The number of carbonyl (C=O) groups excluding carboxylic acids is 2. The summed E-state index contributed by atoms with van der Waals surface area (Å²) in [6.07, 6.45) is 0.202. The highest BCUT2D eigenvalue weighted by Crippen LogP contribution is 1.85. The van der Waals surface area contributed by atoms with E-state index in [4.69, 9.17) is 0 Å². The number of rotatable bonds is 1. The van der Waals surface area contributed by atoms with E-state index in [1.165, 1.54) is 0 Å². The van der Waals surface area contributed by atoms with E-state index >= 15 is 0 Å². The van der Waals surface area contributed by atoms with Crippen LogP contribution in [-0.2, 0) is 19.4 Å². The van der Waals surface area contributed by atoms with Gasteiger partial charge in [-0.15, -0.1) is 0 Å². The summed E-state index contributed by atoms with van der Waals surface area (Å²) in [5.41, 5.74) is 0. The molecule has 0 saturated heterocycles. The largest absolute Gasteiger partial charge is 0.355 e. The van der Waals surface area contributed by atoms with Crippen molar-refractivity contribution >= 4 is 11.9 Å². The molecule has 0 saturated carbocycles. The Morgan fingerprint density at radius 3 is 2.22 bits per heavy atom. The fourth-order valence-electron chi connectivity index (χ4n) is 0.164. The van der Waals surface area contributed by atoms with E-state index in [0.717, 1.165) is 6.92 Å². The highest BCUT2D eigenvalue weighted by Gasteiger charge is 2.00. The summed E-state index contributed by atoms with van der Waals surface area (Å²) in [7, 11) is 0. The van der Waals surface area contributed by atoms with Gasteiger partial charge in [0, 0.05) is 13.3 Å². The summed E-state index contributed by atoms with van der Waals surface area (Å²) in [4.78, 5) is 28.1. The summed E-state index contributed by atoms with van der Waals surface area (Å²) in [6, 6.07) is 0. The van der Waals surface area contributed by atoms with Gasteiger partial charge in [0.25, 0.3) is 0 Å². The quantitative estimate of drug-likeness (QED) is 0.383. The second-order valence-corrected chi connectivity index (χ2v) is 1.38. The summed E-state index contributed by atoms with van der Waals surface area (Å²) < 4.78 is 0. The normalized spacial score (nSPS) is 8.22. The van der Waals surface area contributed by atoms with Gasteiger partial charge in [0.1, 0.15) is 0 Å². The average Bonchev–Trinajstić information content (AvgIpc) is 1.83. The van der Waals surface area contributed by atoms with Crippen LogP contribution >= 0.6 is 0 Å². The second kappa shape index (κ2) is 3.88. The van der Waals surface area contributed by atoms with Crippen molar-refractivity contribution in [1.82, 2.24) is 0 Å². The minimum atomic E-state index is -0.628. The van der Waals surface area contributed by atoms with Crippen molar-refractivity contribution < 1.29 is 19.4 Å². The Morgan fingerprint density at radius 2 is 1.89 bits per heavy atom. The van der Waals surface area contributed by atoms with Crippen LogP contribution in [0.2, 0.25) is 0 Å². The van der Waals surface area contributed by atoms with Crippen LogP contribution in [0.1, 0.15) is 20.3 Å². The molecule has 9 heavy (non-hydrogen) atoms. The van der Waals surface area contributed by atoms with Crippen LogP contribution in [0.3, 0.4) is 0 Å². The van der Waals surface area contributed by atoms with Crippen LogP contribution in [0.5, 0.6) is 0 Å². The Kier molecular flexibility index (Phi) is 3.43. The molecule has 0 aromatic heterocycles. The topological polar surface area (TPSA) is 52.6 Å². The Bertz CT molecular complexity index is 118. The van der Waals surface area contributed by atoms with Crippen LogP contribution in [0, 0.1) is 0 Å². The Labute approximate surface area is 52.7 Å². The molecule has 4 nitrogen and oxygen atoms in total. The molecule has 0 atom stereocenters. The minimum absolute atomic E-state index is 0.202. The van der Waals surface area contributed by atoms with Gasteiger partial charge in [-0.25, -0.2) is 19.4 Å². The van der Waals surface area contributed by atoms with Crippen molar-refractivity contribution in [2.45, 2.75) is 20.3 Å². The number of hydrogen-bond donors (Lipinski definition) is 0. The van der Waals surface area contributed by atoms with E-state index in [1.54, 1.807) is 6.92 Å². The van der Waals surface area contributed by atoms with Gasteiger partial charge < -0.3 is 0 Å². The zero-order valence-electron chi connectivity index (χ0n) is 5.34. The lowest BCUT2D eigenvalue weighted by molar-refractivity contribution is -0.257. The highest BCUT2D eigenvalue weighted by atomic mass is 17.2. The first-order chi connectivity index (χ1) is 4.16. The monoisotopic (exact) mass is 132 g/mol. The predicted octanol–water partition coefficient (Wildman–Crippen LogP) is 0.418. The lowest BCUT2D eigenvalue weighted by atomic mass is 10.5. The van der Waals surface area contributed by atoms with Crippen LogP contribution in [-0.4, -0.2) is 11.9 Å². The third kappa shape index (κ3) is 4.80. The molecule has 4 heteroatoms. The maximum Gasteiger partial charge on any atom is 0.355 e. The van der Waals surface area contributed by atoms with Gasteiger partial charge in [0.05, 0.1) is 0 Å². The van der Waals surface area contributed by atoms with Crippen molar-refractivity contribution in [3.63, 3.8) is 0 Å². The highest BCUT2D eigenvalue weighted by molar-refractivity contribution is 5.71. The zero-order chi connectivity index (χ0) is 7.28. The average molecular weight is 132 g/mol. The molecule has 0 aliphatic heterocycles. The molecule has 0 amide bonds. The molecule has 0 bridgehead atoms. The van der Waals surface area contributed by atoms with Gasteiger partial charge >= 0.3 is 11.9 Å². The van der Waals surface area contributed by atoms with Crippen molar-refractivity contribution in [2.75, 3.05) is 0 Å². The maximum atomic E-state index is 10.2. The first kappa shape index (κ1) is 7.94. The number of carbonyl (C=O) groups is 2. The molecule has 0 N–H and O–H groups in total. The van der Waals surface area contributed by atoms with Crippen molar-refractivity contribution in [1.29, 1.82) is 0 Å². The van der Waals surface area contributed by atoms with Crippen LogP contribution in [0.4, 0.5) is 0 Å². The SMILES string of the molecule is CCC(=O)OOC(C)=O. The van der Waals surface area contributed by atoms with E-state index < -0.39 is 11.9 Å². The molecular weight excluding hydrogens is 124 g/mol. The fraction of sp³-hybridized carbons (Fsp3) is 0.600. The van der Waals surface area contributed by atoms with E-state index in [0.29, 0.717) is 0 Å². The van der Waals surface area contributed by atoms with Crippen molar-refractivity contribution in [2.24, 2.45) is 0 Å². The van der Waals surface area contributed by atoms with Gasteiger partial charge in [-0.1, -0.05) is 6.92 Å². The maximum absolute atomic E-state index is 10.2. The van der Waals surface area contributed by atoms with Gasteiger partial charge in [0.15, 0.2) is 0 Å². The fourth-order valence-corrected chi connectivity index (χ4v) is 0.164. The van der Waals surface area contributed by atoms with E-state index in [-0.39, 0.29) is 6.42 Å². The second-order valence-electron chi connectivity index (χ2n) is 1.38. The number of hydrogen-bond acceptors (Lipinski definition) is 4. The van der Waals surface area contributed by atoms with E-state index in [2.05, 4.69) is 9.78 Å². The molecule has 0 rings (SSSR count). The summed E-state index contributed by atoms with van der Waals surface area (Å²) in [5, 5.41) is 0. The zero-order valence-corrected chi connectivity index (χ0v) is 5.34.